The highest BCUT2D eigenvalue weighted by Gasteiger charge is 2.22. The second kappa shape index (κ2) is 5.19. The van der Waals surface area contributed by atoms with Gasteiger partial charge in [0.25, 0.3) is 0 Å². The van der Waals surface area contributed by atoms with Gasteiger partial charge in [-0.3, -0.25) is 5.10 Å². The number of anilines is 1. The average Bonchev–Trinajstić information content (AvgIpc) is 3.01. The van der Waals surface area contributed by atoms with Gasteiger partial charge in [0.2, 0.25) is 5.95 Å². The zero-order valence-corrected chi connectivity index (χ0v) is 11.3. The average molecular weight is 278 g/mol. The van der Waals surface area contributed by atoms with Crippen molar-refractivity contribution in [3.8, 4) is 0 Å². The first-order valence-electron chi connectivity index (χ1n) is 6.37. The molecule has 6 heteroatoms. The minimum absolute atomic E-state index is 0.234. The highest BCUT2D eigenvalue weighted by atomic mass is 35.5. The van der Waals surface area contributed by atoms with Crippen LogP contribution in [-0.2, 0) is 6.42 Å². The molecule has 0 amide bonds. The number of aromatic amines is 1. The van der Waals surface area contributed by atoms with Crippen molar-refractivity contribution < 1.29 is 0 Å². The van der Waals surface area contributed by atoms with E-state index in [1.165, 1.54) is 0 Å². The van der Waals surface area contributed by atoms with Crippen LogP contribution < -0.4 is 10.6 Å². The first-order chi connectivity index (χ1) is 9.20. The number of benzene rings is 1. The molecule has 3 N–H and O–H groups in total. The maximum absolute atomic E-state index is 5.89. The second-order valence-electron chi connectivity index (χ2n) is 4.88. The van der Waals surface area contributed by atoms with Crippen molar-refractivity contribution in [1.82, 2.24) is 15.2 Å². The maximum Gasteiger partial charge on any atom is 0.244 e. The second-order valence-corrected chi connectivity index (χ2v) is 5.32. The molecule has 0 radical (unpaired) electrons. The monoisotopic (exact) mass is 277 g/mol. The molecule has 0 aliphatic carbocycles. The van der Waals surface area contributed by atoms with Crippen molar-refractivity contribution >= 4 is 17.5 Å². The van der Waals surface area contributed by atoms with Gasteiger partial charge in [-0.2, -0.15) is 4.98 Å². The third-order valence-electron chi connectivity index (χ3n) is 3.31. The summed E-state index contributed by atoms with van der Waals surface area (Å²) in [5.74, 6) is 1.61. The Labute approximate surface area is 116 Å². The first kappa shape index (κ1) is 12.4. The molecule has 19 heavy (non-hydrogen) atoms. The smallest absolute Gasteiger partial charge is 0.244 e. The Balaban J connectivity index is 1.69. The number of nitrogens with two attached hydrogens (primary N) is 1. The minimum atomic E-state index is 0.234. The molecule has 1 fully saturated rings. The lowest BCUT2D eigenvalue weighted by molar-refractivity contribution is 0.750. The molecule has 1 aliphatic heterocycles. The quantitative estimate of drug-likeness (QED) is 0.894. The molecule has 1 saturated heterocycles. The minimum Gasteiger partial charge on any atom is -0.338 e. The van der Waals surface area contributed by atoms with Crippen LogP contribution in [0.2, 0.25) is 5.02 Å². The Morgan fingerprint density at radius 1 is 1.37 bits per heavy atom. The molecule has 1 aliphatic rings. The van der Waals surface area contributed by atoms with E-state index < -0.39 is 0 Å². The van der Waals surface area contributed by atoms with Gasteiger partial charge < -0.3 is 10.6 Å². The summed E-state index contributed by atoms with van der Waals surface area (Å²) in [6, 6.07) is 7.99. The molecule has 2 heterocycles. The summed E-state index contributed by atoms with van der Waals surface area (Å²) in [5.41, 5.74) is 7.04. The fraction of sp³-hybridized carbons (Fsp3) is 0.385. The van der Waals surface area contributed by atoms with E-state index >= 15 is 0 Å². The van der Waals surface area contributed by atoms with Gasteiger partial charge in [-0.1, -0.05) is 23.7 Å². The lowest BCUT2D eigenvalue weighted by Crippen LogP contribution is -2.27. The van der Waals surface area contributed by atoms with Gasteiger partial charge >= 0.3 is 0 Å². The Morgan fingerprint density at radius 3 is 2.84 bits per heavy atom. The molecular weight excluding hydrogens is 262 g/mol. The molecule has 100 valence electrons. The van der Waals surface area contributed by atoms with E-state index in [1.54, 1.807) is 0 Å². The SMILES string of the molecule is NC1CCN(c2n[nH]c(Cc3ccc(Cl)cc3)n2)C1. The molecule has 1 aromatic carbocycles. The topological polar surface area (TPSA) is 70.8 Å². The summed E-state index contributed by atoms with van der Waals surface area (Å²) in [4.78, 5) is 6.63. The molecule has 0 saturated carbocycles. The molecule has 2 aromatic rings. The fourth-order valence-corrected chi connectivity index (χ4v) is 2.40. The Morgan fingerprint density at radius 2 is 2.16 bits per heavy atom. The van der Waals surface area contributed by atoms with Crippen LogP contribution in [0.15, 0.2) is 24.3 Å². The van der Waals surface area contributed by atoms with Gasteiger partial charge in [-0.15, -0.1) is 5.10 Å². The van der Waals surface area contributed by atoms with Crippen LogP contribution >= 0.6 is 11.6 Å². The van der Waals surface area contributed by atoms with Crippen LogP contribution in [0.4, 0.5) is 5.95 Å². The third kappa shape index (κ3) is 2.88. The molecule has 1 atom stereocenters. The van der Waals surface area contributed by atoms with Crippen molar-refractivity contribution in [2.75, 3.05) is 18.0 Å². The number of rotatable bonds is 3. The fourth-order valence-electron chi connectivity index (χ4n) is 2.27. The van der Waals surface area contributed by atoms with Crippen molar-refractivity contribution in [2.24, 2.45) is 5.73 Å². The van der Waals surface area contributed by atoms with Crippen LogP contribution in [0.5, 0.6) is 0 Å². The molecule has 0 spiro atoms. The summed E-state index contributed by atoms with van der Waals surface area (Å²) in [7, 11) is 0. The normalized spacial score (nSPS) is 19.1. The third-order valence-corrected chi connectivity index (χ3v) is 3.56. The summed E-state index contributed by atoms with van der Waals surface area (Å²) in [6.07, 6.45) is 1.73. The van der Waals surface area contributed by atoms with E-state index in [0.717, 1.165) is 48.3 Å². The molecule has 1 unspecified atom stereocenters. The Bertz CT molecular complexity index is 550. The first-order valence-corrected chi connectivity index (χ1v) is 6.75. The molecule has 3 rings (SSSR count). The van der Waals surface area contributed by atoms with Crippen molar-refractivity contribution in [3.05, 3.63) is 40.7 Å². The lowest BCUT2D eigenvalue weighted by Gasteiger charge is -2.11. The summed E-state index contributed by atoms with van der Waals surface area (Å²) < 4.78 is 0. The van der Waals surface area contributed by atoms with Gasteiger partial charge in [-0.05, 0) is 24.1 Å². The van der Waals surface area contributed by atoms with Gasteiger partial charge in [0.1, 0.15) is 5.82 Å². The van der Waals surface area contributed by atoms with Gasteiger partial charge in [0, 0.05) is 30.6 Å². The van der Waals surface area contributed by atoms with Gasteiger partial charge in [-0.25, -0.2) is 0 Å². The number of aromatic nitrogens is 3. The van der Waals surface area contributed by atoms with E-state index in [0.29, 0.717) is 0 Å². The summed E-state index contributed by atoms with van der Waals surface area (Å²) in [5, 5.41) is 7.98. The number of halogens is 1. The number of H-pyrrole nitrogens is 1. The van der Waals surface area contributed by atoms with Crippen LogP contribution in [0.3, 0.4) is 0 Å². The van der Waals surface area contributed by atoms with Crippen molar-refractivity contribution in [1.29, 1.82) is 0 Å². The predicted octanol–water partition coefficient (Wildman–Crippen LogP) is 1.59. The van der Waals surface area contributed by atoms with Crippen molar-refractivity contribution in [3.63, 3.8) is 0 Å². The predicted molar refractivity (Wildman–Crippen MR) is 75.4 cm³/mol. The van der Waals surface area contributed by atoms with Crippen LogP contribution in [-0.4, -0.2) is 34.3 Å². The van der Waals surface area contributed by atoms with Gasteiger partial charge in [0.05, 0.1) is 0 Å². The van der Waals surface area contributed by atoms with E-state index in [9.17, 15) is 0 Å². The molecular formula is C13H16ClN5. The summed E-state index contributed by atoms with van der Waals surface area (Å²) in [6.45, 7) is 1.76. The standard InChI is InChI=1S/C13H16ClN5/c14-10-3-1-9(2-4-10)7-12-16-13(18-17-12)19-6-5-11(15)8-19/h1-4,11H,5-8,15H2,(H,16,17,18). The van der Waals surface area contributed by atoms with E-state index in [-0.39, 0.29) is 6.04 Å². The molecule has 0 bridgehead atoms. The number of hydrogen-bond acceptors (Lipinski definition) is 4. The highest BCUT2D eigenvalue weighted by molar-refractivity contribution is 6.30. The summed E-state index contributed by atoms with van der Waals surface area (Å²) >= 11 is 5.86. The van der Waals surface area contributed by atoms with E-state index in [2.05, 4.69) is 20.1 Å². The van der Waals surface area contributed by atoms with Crippen molar-refractivity contribution in [2.45, 2.75) is 18.9 Å². The number of nitrogens with one attached hydrogen (secondary N) is 1. The van der Waals surface area contributed by atoms with Crippen LogP contribution in [0.1, 0.15) is 17.8 Å². The largest absolute Gasteiger partial charge is 0.338 e. The highest BCUT2D eigenvalue weighted by Crippen LogP contribution is 2.16. The molecule has 5 nitrogen and oxygen atoms in total. The number of hydrogen-bond donors (Lipinski definition) is 2. The molecule has 1 aromatic heterocycles. The van der Waals surface area contributed by atoms with Gasteiger partial charge in [0.15, 0.2) is 0 Å². The lowest BCUT2D eigenvalue weighted by atomic mass is 10.1. The maximum atomic E-state index is 5.89. The van der Waals surface area contributed by atoms with E-state index in [1.807, 2.05) is 24.3 Å². The van der Waals surface area contributed by atoms with Crippen LogP contribution in [0.25, 0.3) is 0 Å². The van der Waals surface area contributed by atoms with E-state index in [4.69, 9.17) is 17.3 Å². The van der Waals surface area contributed by atoms with Crippen LogP contribution in [0, 0.1) is 0 Å². The Kier molecular flexibility index (Phi) is 3.40. The number of nitrogens with zero attached hydrogens (tertiary/aromatic N) is 3. The zero-order valence-electron chi connectivity index (χ0n) is 10.5. The zero-order chi connectivity index (χ0) is 13.2. The Hall–Kier alpha value is -1.59.